The number of benzene rings is 2. The molecule has 0 unspecified atom stereocenters. The van der Waals surface area contributed by atoms with Crippen LogP contribution in [0.25, 0.3) is 10.9 Å². The smallest absolute Gasteiger partial charge is 0.252 e. The zero-order chi connectivity index (χ0) is 22.7. The van der Waals surface area contributed by atoms with E-state index in [4.69, 9.17) is 4.74 Å². The minimum Gasteiger partial charge on any atom is -0.379 e. The summed E-state index contributed by atoms with van der Waals surface area (Å²) in [5.41, 5.74) is 2.39. The fraction of sp³-hybridized carbons (Fsp3) is 0.304. The van der Waals surface area contributed by atoms with E-state index in [2.05, 4.69) is 10.3 Å². The molecule has 0 spiro atoms. The second-order valence-electron chi connectivity index (χ2n) is 7.70. The molecule has 8 nitrogen and oxygen atoms in total. The van der Waals surface area contributed by atoms with Crippen LogP contribution in [0.5, 0.6) is 0 Å². The highest BCUT2D eigenvalue weighted by atomic mass is 32.2. The van der Waals surface area contributed by atoms with Gasteiger partial charge in [-0.05, 0) is 42.7 Å². The molecule has 0 aliphatic carbocycles. The molecule has 9 heteroatoms. The number of pyridine rings is 1. The molecule has 168 valence electrons. The number of hydrogen-bond donors (Lipinski definition) is 2. The monoisotopic (exact) mass is 455 g/mol. The first-order valence-corrected chi connectivity index (χ1v) is 11.9. The van der Waals surface area contributed by atoms with Crippen LogP contribution in [-0.4, -0.2) is 56.5 Å². The van der Waals surface area contributed by atoms with Gasteiger partial charge in [-0.3, -0.25) is 9.59 Å². The van der Waals surface area contributed by atoms with Crippen molar-refractivity contribution in [1.29, 1.82) is 0 Å². The van der Waals surface area contributed by atoms with Gasteiger partial charge in [-0.1, -0.05) is 24.3 Å². The lowest BCUT2D eigenvalue weighted by Gasteiger charge is -2.26. The molecule has 3 aromatic rings. The van der Waals surface area contributed by atoms with Crippen molar-refractivity contribution in [3.8, 4) is 0 Å². The normalized spacial score (nSPS) is 15.0. The fourth-order valence-electron chi connectivity index (χ4n) is 3.81. The van der Waals surface area contributed by atoms with Crippen molar-refractivity contribution in [2.24, 2.45) is 0 Å². The topological polar surface area (TPSA) is 109 Å². The van der Waals surface area contributed by atoms with Gasteiger partial charge in [-0.15, -0.1) is 0 Å². The van der Waals surface area contributed by atoms with Crippen molar-refractivity contribution in [1.82, 2.24) is 14.6 Å². The molecule has 1 amide bonds. The molecule has 1 aliphatic heterocycles. The number of nitrogens with one attached hydrogen (secondary N) is 2. The maximum atomic E-state index is 13.0. The fourth-order valence-corrected chi connectivity index (χ4v) is 5.25. The Labute approximate surface area is 186 Å². The summed E-state index contributed by atoms with van der Waals surface area (Å²) in [6, 6.07) is 13.6. The summed E-state index contributed by atoms with van der Waals surface area (Å²) in [7, 11) is -3.73. The number of aromatic nitrogens is 1. The highest BCUT2D eigenvalue weighted by Crippen LogP contribution is 2.23. The number of morpholine rings is 1. The summed E-state index contributed by atoms with van der Waals surface area (Å²) < 4.78 is 32.7. The predicted octanol–water partition coefficient (Wildman–Crippen LogP) is 1.83. The van der Waals surface area contributed by atoms with Gasteiger partial charge in [0, 0.05) is 36.6 Å². The molecule has 1 aromatic heterocycles. The average molecular weight is 456 g/mol. The molecule has 1 saturated heterocycles. The highest BCUT2D eigenvalue weighted by Gasteiger charge is 2.27. The zero-order valence-corrected chi connectivity index (χ0v) is 18.6. The Hall–Kier alpha value is -3.01. The first-order valence-electron chi connectivity index (χ1n) is 10.4. The molecule has 2 aromatic carbocycles. The molecule has 1 aliphatic rings. The predicted molar refractivity (Wildman–Crippen MR) is 121 cm³/mol. The SMILES string of the molecule is Cc1ccccc1CCNC(=O)c1cc(=O)[nH]c2ccc(S(=O)(=O)N3CCOCC3)cc12. The summed E-state index contributed by atoms with van der Waals surface area (Å²) in [5.74, 6) is -0.421. The van der Waals surface area contributed by atoms with E-state index in [1.54, 1.807) is 0 Å². The summed E-state index contributed by atoms with van der Waals surface area (Å²) in [5, 5.41) is 3.23. The van der Waals surface area contributed by atoms with Crippen LogP contribution in [0.4, 0.5) is 0 Å². The molecule has 0 atom stereocenters. The van der Waals surface area contributed by atoms with Gasteiger partial charge in [0.2, 0.25) is 15.6 Å². The molecule has 0 radical (unpaired) electrons. The quantitative estimate of drug-likeness (QED) is 0.590. The largest absolute Gasteiger partial charge is 0.379 e. The first-order chi connectivity index (χ1) is 15.4. The number of rotatable bonds is 6. The van der Waals surface area contributed by atoms with Gasteiger partial charge in [0.25, 0.3) is 5.91 Å². The van der Waals surface area contributed by atoms with Crippen molar-refractivity contribution in [2.75, 3.05) is 32.8 Å². The van der Waals surface area contributed by atoms with Crippen LogP contribution < -0.4 is 10.9 Å². The van der Waals surface area contributed by atoms with Gasteiger partial charge in [-0.2, -0.15) is 4.31 Å². The lowest BCUT2D eigenvalue weighted by atomic mass is 10.1. The number of H-pyrrole nitrogens is 1. The van der Waals surface area contributed by atoms with Crippen LogP contribution in [-0.2, 0) is 21.2 Å². The van der Waals surface area contributed by atoms with Gasteiger partial charge in [-0.25, -0.2) is 8.42 Å². The van der Waals surface area contributed by atoms with Crippen LogP contribution in [0.15, 0.2) is 58.2 Å². The number of carbonyl (C=O) groups is 1. The van der Waals surface area contributed by atoms with Gasteiger partial charge in [0.1, 0.15) is 0 Å². The van der Waals surface area contributed by atoms with Crippen molar-refractivity contribution in [2.45, 2.75) is 18.2 Å². The minimum atomic E-state index is -3.73. The lowest BCUT2D eigenvalue weighted by Crippen LogP contribution is -2.40. The summed E-state index contributed by atoms with van der Waals surface area (Å²) in [4.78, 5) is 27.8. The third-order valence-electron chi connectivity index (χ3n) is 5.61. The second kappa shape index (κ2) is 9.23. The number of fused-ring (bicyclic) bond motifs is 1. The molecule has 32 heavy (non-hydrogen) atoms. The Bertz CT molecular complexity index is 1310. The third-order valence-corrected chi connectivity index (χ3v) is 7.50. The van der Waals surface area contributed by atoms with Gasteiger partial charge in [0.05, 0.1) is 23.7 Å². The minimum absolute atomic E-state index is 0.0768. The van der Waals surface area contributed by atoms with Crippen molar-refractivity contribution in [3.05, 3.63) is 75.6 Å². The molecule has 4 rings (SSSR count). The summed E-state index contributed by atoms with van der Waals surface area (Å²) >= 11 is 0. The number of carbonyl (C=O) groups excluding carboxylic acids is 1. The van der Waals surface area contributed by atoms with E-state index in [0.29, 0.717) is 37.1 Å². The number of nitrogens with zero attached hydrogens (tertiary/aromatic N) is 1. The summed E-state index contributed by atoms with van der Waals surface area (Å²) in [6.07, 6.45) is 0.649. The Morgan fingerprint density at radius 3 is 2.62 bits per heavy atom. The highest BCUT2D eigenvalue weighted by molar-refractivity contribution is 7.89. The van der Waals surface area contributed by atoms with E-state index in [1.807, 2.05) is 31.2 Å². The van der Waals surface area contributed by atoms with Crippen LogP contribution in [0.1, 0.15) is 21.5 Å². The summed E-state index contributed by atoms with van der Waals surface area (Å²) in [6.45, 7) is 3.64. The van der Waals surface area contributed by atoms with Crippen molar-refractivity contribution < 1.29 is 17.9 Å². The third kappa shape index (κ3) is 4.59. The molecular formula is C23H25N3O5S. The van der Waals surface area contributed by atoms with Crippen LogP contribution in [0, 0.1) is 6.92 Å². The van der Waals surface area contributed by atoms with E-state index in [0.717, 1.165) is 11.1 Å². The number of ether oxygens (including phenoxy) is 1. The number of aryl methyl sites for hydroxylation is 1. The molecule has 0 bridgehead atoms. The van der Waals surface area contributed by atoms with Gasteiger partial charge < -0.3 is 15.0 Å². The Morgan fingerprint density at radius 2 is 1.88 bits per heavy atom. The Balaban J connectivity index is 1.61. The van der Waals surface area contributed by atoms with E-state index >= 15 is 0 Å². The molecular weight excluding hydrogens is 430 g/mol. The molecule has 2 heterocycles. The average Bonchev–Trinajstić information content (AvgIpc) is 2.80. The first kappa shape index (κ1) is 22.2. The maximum absolute atomic E-state index is 13.0. The Morgan fingerprint density at radius 1 is 1.12 bits per heavy atom. The standard InChI is InChI=1S/C23H25N3O5S/c1-16-4-2-3-5-17(16)8-9-24-23(28)20-15-22(27)25-21-7-6-18(14-19(20)21)32(29,30)26-10-12-31-13-11-26/h2-7,14-15H,8-13H2,1H3,(H,24,28)(H,25,27). The molecule has 2 N–H and O–H groups in total. The zero-order valence-electron chi connectivity index (χ0n) is 17.8. The second-order valence-corrected chi connectivity index (χ2v) is 9.64. The van der Waals surface area contributed by atoms with Crippen molar-refractivity contribution in [3.63, 3.8) is 0 Å². The van der Waals surface area contributed by atoms with Gasteiger partial charge >= 0.3 is 0 Å². The number of sulfonamides is 1. The van der Waals surface area contributed by atoms with Crippen LogP contribution >= 0.6 is 0 Å². The lowest BCUT2D eigenvalue weighted by molar-refractivity contribution is 0.0730. The Kier molecular flexibility index (Phi) is 6.40. The van der Waals surface area contributed by atoms with Crippen molar-refractivity contribution >= 4 is 26.8 Å². The van der Waals surface area contributed by atoms with Crippen LogP contribution in [0.3, 0.4) is 0 Å². The number of hydrogen-bond acceptors (Lipinski definition) is 5. The maximum Gasteiger partial charge on any atom is 0.252 e. The molecule has 0 saturated carbocycles. The van der Waals surface area contributed by atoms with Crippen LogP contribution in [0.2, 0.25) is 0 Å². The van der Waals surface area contributed by atoms with Gasteiger partial charge in [0.15, 0.2) is 0 Å². The number of amides is 1. The van der Waals surface area contributed by atoms with E-state index in [-0.39, 0.29) is 23.5 Å². The van der Waals surface area contributed by atoms with E-state index in [1.165, 1.54) is 28.6 Å². The molecule has 1 fully saturated rings. The van der Waals surface area contributed by atoms with E-state index in [9.17, 15) is 18.0 Å². The number of aromatic amines is 1. The van der Waals surface area contributed by atoms with E-state index < -0.39 is 21.5 Å².